The first-order valence-corrected chi connectivity index (χ1v) is 6.90. The maximum atomic E-state index is 11.7. The van der Waals surface area contributed by atoms with Gasteiger partial charge in [-0.05, 0) is 25.5 Å². The van der Waals surface area contributed by atoms with Crippen molar-refractivity contribution in [3.63, 3.8) is 0 Å². The fourth-order valence-corrected chi connectivity index (χ4v) is 1.79. The van der Waals surface area contributed by atoms with E-state index >= 15 is 0 Å². The van der Waals surface area contributed by atoms with Crippen molar-refractivity contribution in [3.8, 4) is 5.75 Å². The molecular weight excluding hydrogens is 270 g/mol. The van der Waals surface area contributed by atoms with Crippen LogP contribution in [0.15, 0.2) is 37.2 Å². The molecule has 0 aliphatic heterocycles. The highest BCUT2D eigenvalue weighted by Gasteiger charge is 2.07. The predicted octanol–water partition coefficient (Wildman–Crippen LogP) is 1.04. The van der Waals surface area contributed by atoms with Crippen LogP contribution < -0.4 is 10.1 Å². The van der Waals surface area contributed by atoms with Gasteiger partial charge in [-0.3, -0.25) is 14.5 Å². The molecule has 2 rings (SSSR count). The first-order chi connectivity index (χ1) is 10.2. The molecule has 1 amide bonds. The second kappa shape index (κ2) is 7.98. The molecule has 0 spiro atoms. The zero-order valence-corrected chi connectivity index (χ0v) is 12.0. The third-order valence-corrected chi connectivity index (χ3v) is 2.82. The van der Waals surface area contributed by atoms with E-state index in [0.29, 0.717) is 25.3 Å². The minimum Gasteiger partial charge on any atom is -0.487 e. The normalized spacial score (nSPS) is 11.9. The van der Waals surface area contributed by atoms with Gasteiger partial charge in [0.25, 0.3) is 0 Å². The molecule has 0 saturated heterocycles. The Bertz CT molecular complexity index is 530. The van der Waals surface area contributed by atoms with Crippen molar-refractivity contribution >= 4 is 5.91 Å². The zero-order valence-electron chi connectivity index (χ0n) is 12.0. The highest BCUT2D eigenvalue weighted by molar-refractivity contribution is 5.75. The predicted molar refractivity (Wildman–Crippen MR) is 76.6 cm³/mol. The number of aromatic nitrogens is 4. The Morgan fingerprint density at radius 3 is 3.10 bits per heavy atom. The van der Waals surface area contributed by atoms with E-state index in [4.69, 9.17) is 4.74 Å². The van der Waals surface area contributed by atoms with Gasteiger partial charge in [-0.1, -0.05) is 0 Å². The number of carbonyl (C=O) groups excluding carboxylic acids is 1. The average molecular weight is 289 g/mol. The summed E-state index contributed by atoms with van der Waals surface area (Å²) >= 11 is 0. The lowest BCUT2D eigenvalue weighted by Crippen LogP contribution is -2.33. The number of ether oxygens (including phenoxy) is 1. The molecule has 7 heteroatoms. The van der Waals surface area contributed by atoms with Crippen molar-refractivity contribution in [2.45, 2.75) is 32.4 Å². The third kappa shape index (κ3) is 5.60. The number of hydrogen-bond acceptors (Lipinski definition) is 5. The summed E-state index contributed by atoms with van der Waals surface area (Å²) in [7, 11) is 0. The Kier molecular flexibility index (Phi) is 5.69. The van der Waals surface area contributed by atoms with Crippen molar-refractivity contribution in [2.24, 2.45) is 0 Å². The minimum absolute atomic E-state index is 0.0109. The van der Waals surface area contributed by atoms with Crippen molar-refractivity contribution < 1.29 is 9.53 Å². The second-order valence-electron chi connectivity index (χ2n) is 4.68. The molecule has 1 N–H and O–H groups in total. The molecule has 0 saturated carbocycles. The lowest BCUT2D eigenvalue weighted by molar-refractivity contribution is -0.121. The van der Waals surface area contributed by atoms with E-state index < -0.39 is 0 Å². The summed E-state index contributed by atoms with van der Waals surface area (Å²) in [5.41, 5.74) is 0. The largest absolute Gasteiger partial charge is 0.487 e. The Morgan fingerprint density at radius 2 is 2.38 bits per heavy atom. The topological polar surface area (TPSA) is 81.9 Å². The van der Waals surface area contributed by atoms with Gasteiger partial charge in [0.05, 0.1) is 12.7 Å². The fourth-order valence-electron chi connectivity index (χ4n) is 1.79. The molecule has 1 unspecified atom stereocenters. The molecule has 0 aromatic carbocycles. The summed E-state index contributed by atoms with van der Waals surface area (Å²) in [6.07, 6.45) is 7.55. The van der Waals surface area contributed by atoms with Gasteiger partial charge in [0.1, 0.15) is 24.5 Å². The standard InChI is InChI=1S/C14H19N5O2/c1-12(21-13-4-2-6-15-9-13)8-17-14(20)5-3-7-19-11-16-10-18-19/h2,4,6,9-12H,3,5,7-8H2,1H3,(H,17,20). The zero-order chi connectivity index (χ0) is 14.9. The lowest BCUT2D eigenvalue weighted by atomic mass is 10.3. The summed E-state index contributed by atoms with van der Waals surface area (Å²) in [6.45, 7) is 3.06. The molecule has 0 aliphatic rings. The number of nitrogens with zero attached hydrogens (tertiary/aromatic N) is 4. The van der Waals surface area contributed by atoms with Gasteiger partial charge in [0, 0.05) is 19.2 Å². The van der Waals surface area contributed by atoms with E-state index in [1.807, 2.05) is 19.1 Å². The Morgan fingerprint density at radius 1 is 1.48 bits per heavy atom. The minimum atomic E-state index is -0.103. The maximum absolute atomic E-state index is 11.7. The molecule has 2 aromatic rings. The molecule has 2 heterocycles. The third-order valence-electron chi connectivity index (χ3n) is 2.82. The van der Waals surface area contributed by atoms with E-state index in [0.717, 1.165) is 6.42 Å². The molecule has 2 aromatic heterocycles. The van der Waals surface area contributed by atoms with Crippen LogP contribution in [0.3, 0.4) is 0 Å². The number of pyridine rings is 1. The average Bonchev–Trinajstić information content (AvgIpc) is 2.99. The van der Waals surface area contributed by atoms with Gasteiger partial charge >= 0.3 is 0 Å². The molecule has 0 aliphatic carbocycles. The monoisotopic (exact) mass is 289 g/mol. The number of carbonyl (C=O) groups is 1. The fraction of sp³-hybridized carbons (Fsp3) is 0.429. The van der Waals surface area contributed by atoms with Crippen LogP contribution in [0.4, 0.5) is 0 Å². The summed E-state index contributed by atoms with van der Waals surface area (Å²) in [6, 6.07) is 3.65. The van der Waals surface area contributed by atoms with Gasteiger partial charge in [-0.15, -0.1) is 0 Å². The van der Waals surface area contributed by atoms with Crippen molar-refractivity contribution in [3.05, 3.63) is 37.2 Å². The van der Waals surface area contributed by atoms with Gasteiger partial charge < -0.3 is 10.1 Å². The van der Waals surface area contributed by atoms with Gasteiger partial charge in [0.2, 0.25) is 5.91 Å². The highest BCUT2D eigenvalue weighted by atomic mass is 16.5. The first-order valence-electron chi connectivity index (χ1n) is 6.90. The molecule has 0 fully saturated rings. The van der Waals surface area contributed by atoms with E-state index in [1.165, 1.54) is 6.33 Å². The molecule has 1 atom stereocenters. The molecule has 0 radical (unpaired) electrons. The van der Waals surface area contributed by atoms with E-state index in [-0.39, 0.29) is 12.0 Å². The van der Waals surface area contributed by atoms with Crippen LogP contribution in [-0.4, -0.2) is 38.3 Å². The van der Waals surface area contributed by atoms with Crippen LogP contribution in [0.25, 0.3) is 0 Å². The van der Waals surface area contributed by atoms with E-state index in [1.54, 1.807) is 23.4 Å². The van der Waals surface area contributed by atoms with Gasteiger partial charge in [-0.25, -0.2) is 4.98 Å². The van der Waals surface area contributed by atoms with Crippen LogP contribution in [0, 0.1) is 0 Å². The summed E-state index contributed by atoms with van der Waals surface area (Å²) in [5.74, 6) is 0.710. The molecule has 21 heavy (non-hydrogen) atoms. The van der Waals surface area contributed by atoms with Crippen LogP contribution in [0.1, 0.15) is 19.8 Å². The Labute approximate surface area is 123 Å². The van der Waals surface area contributed by atoms with E-state index in [2.05, 4.69) is 20.4 Å². The smallest absolute Gasteiger partial charge is 0.220 e. The van der Waals surface area contributed by atoms with Crippen molar-refractivity contribution in [1.29, 1.82) is 0 Å². The Hall–Kier alpha value is -2.44. The molecule has 0 bridgehead atoms. The van der Waals surface area contributed by atoms with Crippen molar-refractivity contribution in [1.82, 2.24) is 25.1 Å². The summed E-state index contributed by atoms with van der Waals surface area (Å²) in [5, 5.41) is 6.84. The number of nitrogens with one attached hydrogen (secondary N) is 1. The summed E-state index contributed by atoms with van der Waals surface area (Å²) < 4.78 is 7.34. The Balaban J connectivity index is 1.60. The molecule has 7 nitrogen and oxygen atoms in total. The second-order valence-corrected chi connectivity index (χ2v) is 4.68. The van der Waals surface area contributed by atoms with Crippen molar-refractivity contribution in [2.75, 3.05) is 6.54 Å². The molecule has 112 valence electrons. The van der Waals surface area contributed by atoms with Gasteiger partial charge in [-0.2, -0.15) is 5.10 Å². The number of amides is 1. The first kappa shape index (κ1) is 15.0. The number of aryl methyl sites for hydroxylation is 1. The summed E-state index contributed by atoms with van der Waals surface area (Å²) in [4.78, 5) is 19.5. The lowest BCUT2D eigenvalue weighted by Gasteiger charge is -2.15. The van der Waals surface area contributed by atoms with Crippen LogP contribution in [0.2, 0.25) is 0 Å². The van der Waals surface area contributed by atoms with Crippen LogP contribution >= 0.6 is 0 Å². The van der Waals surface area contributed by atoms with Gasteiger partial charge in [0.15, 0.2) is 0 Å². The molecular formula is C14H19N5O2. The number of hydrogen-bond donors (Lipinski definition) is 1. The van der Waals surface area contributed by atoms with E-state index in [9.17, 15) is 4.79 Å². The highest BCUT2D eigenvalue weighted by Crippen LogP contribution is 2.08. The van der Waals surface area contributed by atoms with Crippen LogP contribution in [-0.2, 0) is 11.3 Å². The number of rotatable bonds is 8. The van der Waals surface area contributed by atoms with Crippen LogP contribution in [0.5, 0.6) is 5.75 Å². The SMILES string of the molecule is CC(CNC(=O)CCCn1cncn1)Oc1cccnc1. The maximum Gasteiger partial charge on any atom is 0.220 e. The quantitative estimate of drug-likeness (QED) is 0.785.